The number of carbonyl (C=O) groups excluding carboxylic acids is 1. The van der Waals surface area contributed by atoms with Gasteiger partial charge in [0.25, 0.3) is 5.91 Å². The standard InChI is InChI=1S/C21H24F2N2O3S/c1-14-6-7-16(12-20(14)29(27,28)25-10-4-3-5-11-25)21(26)24-15(2)18-9-8-17(22)13-19(18)23/h6-9,12-13,15H,3-5,10-11H2,1-2H3,(H,24,26)/t15-/m1/s1. The fraction of sp³-hybridized carbons (Fsp3) is 0.381. The second-order valence-corrected chi connectivity index (χ2v) is 9.21. The molecule has 0 bridgehead atoms. The molecule has 1 heterocycles. The molecule has 0 aromatic heterocycles. The molecule has 2 aromatic carbocycles. The van der Waals surface area contributed by atoms with Crippen molar-refractivity contribution in [2.75, 3.05) is 13.1 Å². The van der Waals surface area contributed by atoms with Crippen molar-refractivity contribution in [1.82, 2.24) is 9.62 Å². The molecule has 156 valence electrons. The van der Waals surface area contributed by atoms with Gasteiger partial charge in [0, 0.05) is 30.3 Å². The first kappa shape index (κ1) is 21.4. The highest BCUT2D eigenvalue weighted by atomic mass is 32.2. The predicted molar refractivity (Wildman–Crippen MR) is 106 cm³/mol. The van der Waals surface area contributed by atoms with Crippen molar-refractivity contribution in [1.29, 1.82) is 0 Å². The third-order valence-corrected chi connectivity index (χ3v) is 7.20. The SMILES string of the molecule is Cc1ccc(C(=O)N[C@H](C)c2ccc(F)cc2F)cc1S(=O)(=O)N1CCCCC1. The third-order valence-electron chi connectivity index (χ3n) is 5.16. The zero-order valence-electron chi connectivity index (χ0n) is 16.4. The Morgan fingerprint density at radius 1 is 1.07 bits per heavy atom. The number of piperidine rings is 1. The fourth-order valence-electron chi connectivity index (χ4n) is 3.47. The minimum Gasteiger partial charge on any atom is -0.345 e. The number of nitrogens with zero attached hydrogens (tertiary/aromatic N) is 1. The third kappa shape index (κ3) is 4.64. The molecule has 1 aliphatic heterocycles. The van der Waals surface area contributed by atoms with E-state index in [1.807, 2.05) is 0 Å². The molecule has 0 spiro atoms. The maximum atomic E-state index is 14.0. The number of hydrogen-bond acceptors (Lipinski definition) is 3. The van der Waals surface area contributed by atoms with Gasteiger partial charge < -0.3 is 5.32 Å². The second kappa shape index (κ2) is 8.59. The highest BCUT2D eigenvalue weighted by molar-refractivity contribution is 7.89. The van der Waals surface area contributed by atoms with Gasteiger partial charge in [-0.2, -0.15) is 4.31 Å². The molecule has 29 heavy (non-hydrogen) atoms. The number of amides is 1. The van der Waals surface area contributed by atoms with E-state index in [4.69, 9.17) is 0 Å². The van der Waals surface area contributed by atoms with Crippen molar-refractivity contribution in [3.05, 3.63) is 64.7 Å². The van der Waals surface area contributed by atoms with Crippen LogP contribution in [0.25, 0.3) is 0 Å². The quantitative estimate of drug-likeness (QED) is 0.794. The Morgan fingerprint density at radius 2 is 1.76 bits per heavy atom. The van der Waals surface area contributed by atoms with Crippen LogP contribution in [-0.2, 0) is 10.0 Å². The lowest BCUT2D eigenvalue weighted by Gasteiger charge is -2.26. The summed E-state index contributed by atoms with van der Waals surface area (Å²) in [6.07, 6.45) is 2.64. The maximum Gasteiger partial charge on any atom is 0.251 e. The Morgan fingerprint density at radius 3 is 2.41 bits per heavy atom. The molecule has 2 aromatic rings. The van der Waals surface area contributed by atoms with E-state index in [2.05, 4.69) is 5.32 Å². The van der Waals surface area contributed by atoms with Gasteiger partial charge in [0.15, 0.2) is 0 Å². The lowest BCUT2D eigenvalue weighted by Crippen LogP contribution is -2.36. The number of rotatable bonds is 5. The van der Waals surface area contributed by atoms with Crippen molar-refractivity contribution >= 4 is 15.9 Å². The Hall–Kier alpha value is -2.32. The summed E-state index contributed by atoms with van der Waals surface area (Å²) >= 11 is 0. The Bertz CT molecular complexity index is 1020. The molecule has 1 aliphatic rings. The first-order chi connectivity index (χ1) is 13.7. The molecule has 1 atom stereocenters. The van der Waals surface area contributed by atoms with Crippen LogP contribution in [0, 0.1) is 18.6 Å². The van der Waals surface area contributed by atoms with Gasteiger partial charge in [0.2, 0.25) is 10.0 Å². The molecule has 1 fully saturated rings. The Kier molecular flexibility index (Phi) is 6.33. The summed E-state index contributed by atoms with van der Waals surface area (Å²) in [6, 6.07) is 6.93. The van der Waals surface area contributed by atoms with Crippen LogP contribution in [0.1, 0.15) is 53.7 Å². The summed E-state index contributed by atoms with van der Waals surface area (Å²) in [5, 5.41) is 2.64. The van der Waals surface area contributed by atoms with Crippen molar-refractivity contribution in [2.45, 2.75) is 44.0 Å². The number of sulfonamides is 1. The summed E-state index contributed by atoms with van der Waals surface area (Å²) < 4.78 is 54.5. The van der Waals surface area contributed by atoms with E-state index in [0.29, 0.717) is 18.7 Å². The zero-order chi connectivity index (χ0) is 21.2. The lowest BCUT2D eigenvalue weighted by atomic mass is 10.1. The molecule has 0 aliphatic carbocycles. The Balaban J connectivity index is 1.84. The molecule has 1 saturated heterocycles. The van der Waals surface area contributed by atoms with Gasteiger partial charge in [-0.15, -0.1) is 0 Å². The molecule has 5 nitrogen and oxygen atoms in total. The number of aryl methyl sites for hydroxylation is 1. The molecule has 0 radical (unpaired) electrons. The smallest absolute Gasteiger partial charge is 0.251 e. The molecule has 1 amide bonds. The number of carbonyl (C=O) groups is 1. The summed E-state index contributed by atoms with van der Waals surface area (Å²) in [5.41, 5.74) is 0.873. The highest BCUT2D eigenvalue weighted by Gasteiger charge is 2.28. The van der Waals surface area contributed by atoms with E-state index in [-0.39, 0.29) is 16.0 Å². The normalized spacial score (nSPS) is 16.4. The molecule has 0 unspecified atom stereocenters. The summed E-state index contributed by atoms with van der Waals surface area (Å²) in [7, 11) is -3.69. The molecule has 3 rings (SSSR count). The minimum atomic E-state index is -3.69. The van der Waals surface area contributed by atoms with Crippen molar-refractivity contribution in [3.8, 4) is 0 Å². The molecular formula is C21H24F2N2O3S. The zero-order valence-corrected chi connectivity index (χ0v) is 17.2. The molecule has 8 heteroatoms. The van der Waals surface area contributed by atoms with Crippen molar-refractivity contribution in [2.24, 2.45) is 0 Å². The fourth-order valence-corrected chi connectivity index (χ4v) is 5.24. The first-order valence-corrected chi connectivity index (χ1v) is 11.0. The summed E-state index contributed by atoms with van der Waals surface area (Å²) in [4.78, 5) is 12.8. The lowest BCUT2D eigenvalue weighted by molar-refractivity contribution is 0.0939. The first-order valence-electron chi connectivity index (χ1n) is 9.57. The van der Waals surface area contributed by atoms with E-state index in [0.717, 1.165) is 31.4 Å². The van der Waals surface area contributed by atoms with Crippen LogP contribution < -0.4 is 5.32 Å². The largest absolute Gasteiger partial charge is 0.345 e. The van der Waals surface area contributed by atoms with Crippen molar-refractivity contribution in [3.63, 3.8) is 0 Å². The second-order valence-electron chi connectivity index (χ2n) is 7.31. The van der Waals surface area contributed by atoms with Crippen LogP contribution in [0.5, 0.6) is 0 Å². The molecule has 0 saturated carbocycles. The van der Waals surface area contributed by atoms with E-state index < -0.39 is 33.6 Å². The summed E-state index contributed by atoms with van der Waals surface area (Å²) in [5.74, 6) is -1.98. The topological polar surface area (TPSA) is 66.5 Å². The minimum absolute atomic E-state index is 0.104. The molecule has 1 N–H and O–H groups in total. The van der Waals surface area contributed by atoms with Crippen molar-refractivity contribution < 1.29 is 22.0 Å². The van der Waals surface area contributed by atoms with E-state index >= 15 is 0 Å². The van der Waals surface area contributed by atoms with Gasteiger partial charge in [0.1, 0.15) is 11.6 Å². The van der Waals surface area contributed by atoms with Crippen LogP contribution in [-0.4, -0.2) is 31.7 Å². The monoisotopic (exact) mass is 422 g/mol. The molecular weight excluding hydrogens is 398 g/mol. The van der Waals surface area contributed by atoms with Crippen LogP contribution in [0.3, 0.4) is 0 Å². The summed E-state index contributed by atoms with van der Waals surface area (Å²) in [6.45, 7) is 4.21. The number of hydrogen-bond donors (Lipinski definition) is 1. The van der Waals surface area contributed by atoms with Gasteiger partial charge in [-0.1, -0.05) is 18.6 Å². The van der Waals surface area contributed by atoms with E-state index in [9.17, 15) is 22.0 Å². The maximum absolute atomic E-state index is 14.0. The van der Waals surface area contributed by atoms with Crippen LogP contribution >= 0.6 is 0 Å². The van der Waals surface area contributed by atoms with Gasteiger partial charge in [-0.05, 0) is 50.5 Å². The predicted octanol–water partition coefficient (Wildman–Crippen LogP) is 3.94. The highest BCUT2D eigenvalue weighted by Crippen LogP contribution is 2.25. The number of halogens is 2. The number of benzene rings is 2. The van der Waals surface area contributed by atoms with E-state index in [1.165, 1.54) is 22.5 Å². The number of nitrogens with one attached hydrogen (secondary N) is 1. The van der Waals surface area contributed by atoms with Gasteiger partial charge >= 0.3 is 0 Å². The van der Waals surface area contributed by atoms with Gasteiger partial charge in [0.05, 0.1) is 10.9 Å². The van der Waals surface area contributed by atoms with Gasteiger partial charge in [-0.25, -0.2) is 17.2 Å². The average Bonchev–Trinajstić information content (AvgIpc) is 2.68. The van der Waals surface area contributed by atoms with Crippen LogP contribution in [0.4, 0.5) is 8.78 Å². The van der Waals surface area contributed by atoms with Gasteiger partial charge in [-0.3, -0.25) is 4.79 Å². The van der Waals surface area contributed by atoms with Crippen LogP contribution in [0.2, 0.25) is 0 Å². The van der Waals surface area contributed by atoms with Crippen LogP contribution in [0.15, 0.2) is 41.3 Å². The Labute approximate surface area is 169 Å². The average molecular weight is 422 g/mol. The van der Waals surface area contributed by atoms with E-state index in [1.54, 1.807) is 19.9 Å².